The molecule has 0 bridgehead atoms. The minimum Gasteiger partial charge on any atom is -0.308 e. The topological polar surface area (TPSA) is 39.8 Å². The lowest BCUT2D eigenvalue weighted by Gasteiger charge is -2.10. The van der Waals surface area contributed by atoms with Crippen molar-refractivity contribution in [2.24, 2.45) is 0 Å². The Morgan fingerprint density at radius 3 is 2.60 bits per heavy atom. The fourth-order valence-corrected chi connectivity index (χ4v) is 3.47. The summed E-state index contributed by atoms with van der Waals surface area (Å²) >= 11 is 7.05. The van der Waals surface area contributed by atoms with Crippen molar-refractivity contribution in [1.29, 1.82) is 0 Å². The van der Waals surface area contributed by atoms with Gasteiger partial charge in [-0.3, -0.25) is 9.48 Å². The maximum atomic E-state index is 12.2. The second-order valence-electron chi connectivity index (χ2n) is 4.65. The first-order chi connectivity index (χ1) is 9.47. The fraction of sp³-hybridized carbons (Fsp3) is 0.429. The first-order valence-electron chi connectivity index (χ1n) is 6.58. The molecule has 0 saturated carbocycles. The molecule has 0 spiro atoms. The molecule has 0 radical (unpaired) electrons. The molecular weight excluding hydrogens is 386 g/mol. The van der Waals surface area contributed by atoms with Gasteiger partial charge in [-0.05, 0) is 58.2 Å². The van der Waals surface area contributed by atoms with Gasteiger partial charge in [0.15, 0.2) is 0 Å². The van der Waals surface area contributed by atoms with E-state index in [1.54, 1.807) is 4.57 Å². The molecule has 0 aliphatic rings. The van der Waals surface area contributed by atoms with E-state index >= 15 is 0 Å². The average molecular weight is 403 g/mol. The van der Waals surface area contributed by atoms with Crippen LogP contribution in [-0.4, -0.2) is 14.3 Å². The van der Waals surface area contributed by atoms with Gasteiger partial charge in [0, 0.05) is 22.8 Å². The maximum absolute atomic E-state index is 12.2. The fourth-order valence-electron chi connectivity index (χ4n) is 2.19. The van der Waals surface area contributed by atoms with Crippen LogP contribution >= 0.6 is 31.9 Å². The van der Waals surface area contributed by atoms with Gasteiger partial charge in [-0.1, -0.05) is 6.92 Å². The number of aromatic nitrogens is 3. The number of nitrogens with zero attached hydrogens (tertiary/aromatic N) is 3. The summed E-state index contributed by atoms with van der Waals surface area (Å²) in [6.07, 6.45) is 2.69. The highest BCUT2D eigenvalue weighted by Crippen LogP contribution is 2.23. The van der Waals surface area contributed by atoms with Gasteiger partial charge in [0.05, 0.1) is 22.4 Å². The molecule has 0 atom stereocenters. The Morgan fingerprint density at radius 1 is 1.30 bits per heavy atom. The zero-order valence-corrected chi connectivity index (χ0v) is 15.0. The van der Waals surface area contributed by atoms with Crippen LogP contribution in [-0.2, 0) is 19.5 Å². The number of halogens is 2. The molecule has 0 aliphatic carbocycles. The number of hydrogen-bond acceptors (Lipinski definition) is 2. The normalized spacial score (nSPS) is 11.1. The van der Waals surface area contributed by atoms with Crippen LogP contribution < -0.4 is 5.56 Å². The minimum absolute atomic E-state index is 0.0296. The molecule has 0 aromatic carbocycles. The van der Waals surface area contributed by atoms with Crippen LogP contribution in [0.4, 0.5) is 0 Å². The number of aryl methyl sites for hydroxylation is 3. The summed E-state index contributed by atoms with van der Waals surface area (Å²) in [4.78, 5) is 12.2. The van der Waals surface area contributed by atoms with Crippen LogP contribution in [0.3, 0.4) is 0 Å². The van der Waals surface area contributed by atoms with Crippen molar-refractivity contribution in [3.05, 3.63) is 48.5 Å². The Labute approximate surface area is 135 Å². The van der Waals surface area contributed by atoms with Crippen molar-refractivity contribution in [3.8, 4) is 0 Å². The minimum atomic E-state index is 0.0296. The molecular formula is C14H17Br2N3O. The predicted octanol–water partition coefficient (Wildman–Crippen LogP) is 3.51. The molecule has 2 aromatic rings. The van der Waals surface area contributed by atoms with Gasteiger partial charge >= 0.3 is 0 Å². The summed E-state index contributed by atoms with van der Waals surface area (Å²) in [6.45, 7) is 7.26. The van der Waals surface area contributed by atoms with Gasteiger partial charge < -0.3 is 4.57 Å². The molecule has 0 fully saturated rings. The van der Waals surface area contributed by atoms with Gasteiger partial charge in [0.25, 0.3) is 5.56 Å². The SMILES string of the molecule is CCc1nn(CC)c(Cn2cc(Br)cc(C)c2=O)c1Br. The zero-order chi connectivity index (χ0) is 14.9. The van der Waals surface area contributed by atoms with Gasteiger partial charge in [-0.25, -0.2) is 0 Å². The first kappa shape index (κ1) is 15.5. The Hall–Kier alpha value is -0.880. The van der Waals surface area contributed by atoms with Crippen molar-refractivity contribution >= 4 is 31.9 Å². The molecule has 2 aromatic heterocycles. The standard InChI is InChI=1S/C14H17Br2N3O/c1-4-11-13(16)12(19(5-2)17-11)8-18-7-10(15)6-9(3)14(18)20/h6-7H,4-5,8H2,1-3H3. The number of rotatable bonds is 4. The number of hydrogen-bond donors (Lipinski definition) is 0. The zero-order valence-electron chi connectivity index (χ0n) is 11.8. The van der Waals surface area contributed by atoms with E-state index in [0.717, 1.165) is 38.9 Å². The lowest BCUT2D eigenvalue weighted by molar-refractivity contribution is 0.587. The number of pyridine rings is 1. The third-order valence-corrected chi connectivity index (χ3v) is 4.60. The molecule has 4 nitrogen and oxygen atoms in total. The van der Waals surface area contributed by atoms with Gasteiger partial charge in [0.2, 0.25) is 0 Å². The van der Waals surface area contributed by atoms with Crippen LogP contribution in [0, 0.1) is 6.92 Å². The highest BCUT2D eigenvalue weighted by molar-refractivity contribution is 9.10. The molecule has 108 valence electrons. The molecule has 20 heavy (non-hydrogen) atoms. The molecule has 0 amide bonds. The Balaban J connectivity index is 2.50. The summed E-state index contributed by atoms with van der Waals surface area (Å²) < 4.78 is 5.58. The summed E-state index contributed by atoms with van der Waals surface area (Å²) in [5.41, 5.74) is 2.82. The van der Waals surface area contributed by atoms with Crippen molar-refractivity contribution < 1.29 is 0 Å². The van der Waals surface area contributed by atoms with Crippen molar-refractivity contribution in [2.75, 3.05) is 0 Å². The molecule has 0 N–H and O–H groups in total. The second-order valence-corrected chi connectivity index (χ2v) is 6.36. The highest BCUT2D eigenvalue weighted by atomic mass is 79.9. The van der Waals surface area contributed by atoms with E-state index in [9.17, 15) is 4.79 Å². The summed E-state index contributed by atoms with van der Waals surface area (Å²) in [5.74, 6) is 0. The van der Waals surface area contributed by atoms with Gasteiger partial charge in [-0.2, -0.15) is 5.10 Å². The van der Waals surface area contributed by atoms with E-state index in [-0.39, 0.29) is 5.56 Å². The lowest BCUT2D eigenvalue weighted by atomic mass is 10.2. The van der Waals surface area contributed by atoms with Crippen LogP contribution in [0.25, 0.3) is 0 Å². The van der Waals surface area contributed by atoms with Crippen LogP contribution in [0.2, 0.25) is 0 Å². The third-order valence-electron chi connectivity index (χ3n) is 3.25. The van der Waals surface area contributed by atoms with E-state index in [0.29, 0.717) is 6.54 Å². The first-order valence-corrected chi connectivity index (χ1v) is 8.17. The van der Waals surface area contributed by atoms with Gasteiger partial charge in [-0.15, -0.1) is 0 Å². The molecule has 2 heterocycles. The highest BCUT2D eigenvalue weighted by Gasteiger charge is 2.15. The molecule has 6 heteroatoms. The molecule has 0 unspecified atom stereocenters. The third kappa shape index (κ3) is 2.91. The van der Waals surface area contributed by atoms with E-state index in [1.165, 1.54) is 0 Å². The van der Waals surface area contributed by atoms with Gasteiger partial charge in [0.1, 0.15) is 0 Å². The Kier molecular flexibility index (Phi) is 4.86. The van der Waals surface area contributed by atoms with Crippen molar-refractivity contribution in [2.45, 2.75) is 40.3 Å². The van der Waals surface area contributed by atoms with Crippen LogP contribution in [0.1, 0.15) is 30.8 Å². The molecule has 0 saturated heterocycles. The van der Waals surface area contributed by atoms with E-state index in [2.05, 4.69) is 50.8 Å². The Morgan fingerprint density at radius 2 is 2.00 bits per heavy atom. The van der Waals surface area contributed by atoms with Crippen LogP contribution in [0.5, 0.6) is 0 Å². The molecule has 0 aliphatic heterocycles. The quantitative estimate of drug-likeness (QED) is 0.784. The average Bonchev–Trinajstić information content (AvgIpc) is 2.72. The molecule has 2 rings (SSSR count). The smallest absolute Gasteiger partial charge is 0.253 e. The largest absolute Gasteiger partial charge is 0.308 e. The van der Waals surface area contributed by atoms with Crippen molar-refractivity contribution in [1.82, 2.24) is 14.3 Å². The summed E-state index contributed by atoms with van der Waals surface area (Å²) in [7, 11) is 0. The Bertz CT molecular complexity index is 688. The second kappa shape index (κ2) is 6.26. The van der Waals surface area contributed by atoms with Crippen LogP contribution in [0.15, 0.2) is 26.0 Å². The van der Waals surface area contributed by atoms with E-state index < -0.39 is 0 Å². The monoisotopic (exact) mass is 401 g/mol. The lowest BCUT2D eigenvalue weighted by Crippen LogP contribution is -2.23. The summed E-state index contributed by atoms with van der Waals surface area (Å²) in [5, 5.41) is 4.56. The predicted molar refractivity (Wildman–Crippen MR) is 87.2 cm³/mol. The van der Waals surface area contributed by atoms with Crippen molar-refractivity contribution in [3.63, 3.8) is 0 Å². The van der Waals surface area contributed by atoms with E-state index in [4.69, 9.17) is 0 Å². The summed E-state index contributed by atoms with van der Waals surface area (Å²) in [6, 6.07) is 1.84. The van der Waals surface area contributed by atoms with E-state index in [1.807, 2.05) is 23.9 Å². The maximum Gasteiger partial charge on any atom is 0.253 e.